The van der Waals surface area contributed by atoms with Crippen molar-refractivity contribution in [2.75, 3.05) is 0 Å². The number of nitrogens with zero attached hydrogens (tertiary/aromatic N) is 6. The molecule has 390 valence electrons. The second kappa shape index (κ2) is 20.3. The summed E-state index contributed by atoms with van der Waals surface area (Å²) in [5.41, 5.74) is 5.11. The van der Waals surface area contributed by atoms with E-state index in [9.17, 15) is 0 Å². The van der Waals surface area contributed by atoms with E-state index in [-0.39, 0.29) is 0 Å². The fourth-order valence-electron chi connectivity index (χ4n) is 12.3. The highest BCUT2D eigenvalue weighted by Crippen LogP contribution is 2.35. The molecule has 0 N–H and O–H groups in total. The van der Waals surface area contributed by atoms with Crippen LogP contribution in [0.4, 0.5) is 0 Å². The summed E-state index contributed by atoms with van der Waals surface area (Å²) < 4.78 is 0. The molecule has 0 unspecified atom stereocenters. The first kappa shape index (κ1) is 48.6. The number of pyridine rings is 6. The van der Waals surface area contributed by atoms with Crippen molar-refractivity contribution < 1.29 is 0 Å². The highest BCUT2D eigenvalue weighted by atomic mass is 14.7. The van der Waals surface area contributed by atoms with Crippen LogP contribution >= 0.6 is 0 Å². The van der Waals surface area contributed by atoms with Crippen LogP contribution in [0, 0.1) is 0 Å². The molecule has 0 saturated heterocycles. The predicted octanol–water partition coefficient (Wildman–Crippen LogP) is 20.4. The zero-order chi connectivity index (χ0) is 55.5. The van der Waals surface area contributed by atoms with Gasteiger partial charge in [0.15, 0.2) is 0 Å². The summed E-state index contributed by atoms with van der Waals surface area (Å²) in [6.45, 7) is 0. The van der Waals surface area contributed by atoms with Crippen LogP contribution in [0.5, 0.6) is 0 Å². The third-order valence-corrected chi connectivity index (χ3v) is 16.5. The number of hydrogen-bond donors (Lipinski definition) is 0. The normalized spacial score (nSPS) is 11.6. The Kier molecular flexibility index (Phi) is 11.8. The molecule has 0 saturated carbocycles. The molecule has 0 aliphatic carbocycles. The van der Waals surface area contributed by atoms with Crippen molar-refractivity contribution in [1.82, 2.24) is 29.9 Å². The Morgan fingerprint density at radius 3 is 0.500 bits per heavy atom. The van der Waals surface area contributed by atoms with E-state index >= 15 is 0 Å². The van der Waals surface area contributed by atoms with Gasteiger partial charge in [-0.2, -0.15) is 0 Å². The third-order valence-electron chi connectivity index (χ3n) is 16.5. The molecule has 0 amide bonds. The number of aromatic nitrogens is 6. The van der Waals surface area contributed by atoms with Gasteiger partial charge < -0.3 is 0 Å². The molecule has 18 bridgehead atoms. The minimum atomic E-state index is 0.841. The summed E-state index contributed by atoms with van der Waals surface area (Å²) in [5.74, 6) is 0. The molecule has 11 aromatic carbocycles. The Bertz CT molecular complexity index is 4760. The van der Waals surface area contributed by atoms with Crippen molar-refractivity contribution in [3.05, 3.63) is 292 Å². The highest BCUT2D eigenvalue weighted by molar-refractivity contribution is 6.17. The molecule has 35 aromatic rings. The predicted molar refractivity (Wildman–Crippen MR) is 355 cm³/mol. The Balaban J connectivity index is 1.13. The molecule has 84 heavy (non-hydrogen) atoms. The lowest BCUT2D eigenvalue weighted by molar-refractivity contribution is 1.41. The second-order valence-corrected chi connectivity index (χ2v) is 21.5. The third kappa shape index (κ3) is 8.69. The van der Waals surface area contributed by atoms with Gasteiger partial charge in [-0.25, -0.2) is 0 Å². The summed E-state index contributed by atoms with van der Waals surface area (Å²) in [6, 6.07) is 91.2. The van der Waals surface area contributed by atoms with E-state index in [4.69, 9.17) is 29.9 Å². The lowest BCUT2D eigenvalue weighted by Gasteiger charge is -2.06. The quantitative estimate of drug-likeness (QED) is 0.151. The fraction of sp³-hybridized carbons (Fsp3) is 0. The molecule has 24 aromatic heterocycles. The Morgan fingerprint density at radius 1 is 0.131 bits per heavy atom. The summed E-state index contributed by atoms with van der Waals surface area (Å²) in [6.07, 6.45) is 11.8. The van der Waals surface area contributed by atoms with E-state index in [2.05, 4.69) is 255 Å². The molecule has 6 heteroatoms. The van der Waals surface area contributed by atoms with Crippen molar-refractivity contribution in [2.45, 2.75) is 0 Å². The number of rotatable bonds is 0. The van der Waals surface area contributed by atoms with Gasteiger partial charge in [-0.3, -0.25) is 29.9 Å². The van der Waals surface area contributed by atoms with E-state index in [0.29, 0.717) is 0 Å². The minimum absolute atomic E-state index is 0.841. The van der Waals surface area contributed by atoms with Gasteiger partial charge in [0.25, 0.3) is 0 Å². The Hall–Kier alpha value is -11.3. The van der Waals surface area contributed by atoms with E-state index in [1.54, 1.807) is 0 Å². The van der Waals surface area contributed by atoms with E-state index in [1.165, 1.54) is 0 Å². The van der Waals surface area contributed by atoms with Gasteiger partial charge in [-0.05, 0) is 172 Å². The largest absolute Gasteiger partial charge is 0.256 e. The van der Waals surface area contributed by atoms with Crippen LogP contribution < -0.4 is 0 Å². The molecular formula is C78H48N6. The Morgan fingerprint density at radius 2 is 0.298 bits per heavy atom. The van der Waals surface area contributed by atoms with Gasteiger partial charge in [0.2, 0.25) is 0 Å². The van der Waals surface area contributed by atoms with Crippen molar-refractivity contribution in [3.63, 3.8) is 0 Å². The van der Waals surface area contributed by atoms with Gasteiger partial charge in [0.05, 0.1) is 33.1 Å². The Labute approximate surface area is 481 Å². The van der Waals surface area contributed by atoms with Gasteiger partial charge in [-0.15, -0.1) is 0 Å². The molecule has 0 aliphatic rings. The summed E-state index contributed by atoms with van der Waals surface area (Å²) in [7, 11) is 0. The maximum atomic E-state index is 5.18. The molecule has 6 nitrogen and oxygen atoms in total. The molecule has 0 fully saturated rings. The van der Waals surface area contributed by atoms with Gasteiger partial charge in [-0.1, -0.05) is 164 Å². The molecule has 0 aliphatic heterocycles. The van der Waals surface area contributed by atoms with Crippen LogP contribution in [-0.2, 0) is 0 Å². The van der Waals surface area contributed by atoms with E-state index < -0.39 is 0 Å². The monoisotopic (exact) mass is 1070 g/mol. The van der Waals surface area contributed by atoms with Crippen molar-refractivity contribution in [1.29, 1.82) is 0 Å². The molecule has 0 radical (unpaired) electrons. The molecule has 35 rings (SSSR count). The van der Waals surface area contributed by atoms with Crippen LogP contribution in [0.15, 0.2) is 292 Å². The van der Waals surface area contributed by atoms with Crippen LogP contribution in [0.1, 0.15) is 0 Å². The first-order valence-corrected chi connectivity index (χ1v) is 28.3. The average molecular weight is 1070 g/mol. The molecular weight excluding hydrogens is 1020 g/mol. The minimum Gasteiger partial charge on any atom is -0.256 e. The highest BCUT2D eigenvalue weighted by Gasteiger charge is 2.09. The SMILES string of the molecule is c1ccc2c3cc4cc(c3)c3ccccc3c3ccc(nc3)c3ccc(nc3)c3ccccc3c3cc(cc(c3)c3ccccc3c3ccc(cn3)c3ccc(cn3)c3ccccc43)c3ccccc3c3ccc(cn3)c3ccc(cn3)c2c1. The van der Waals surface area contributed by atoms with Crippen LogP contribution in [0.2, 0.25) is 0 Å². The summed E-state index contributed by atoms with van der Waals surface area (Å²) >= 11 is 0. The van der Waals surface area contributed by atoms with Crippen molar-refractivity contribution >= 4 is 162 Å². The number of hydrogen-bond acceptors (Lipinski definition) is 6. The van der Waals surface area contributed by atoms with Crippen LogP contribution in [-0.4, -0.2) is 29.9 Å². The van der Waals surface area contributed by atoms with E-state index in [0.717, 1.165) is 162 Å². The molecule has 24 heterocycles. The standard InChI is InChI=1S/C78H48N6/c1-4-16-64-55-37-56-39-57(38-55)66-18-6-3-15-63(66)51-27-33-75(81-45-51)54-30-36-78(84-48-54)72-24-12-9-21-69(72)60-41-58(67-19-7-10-22-70(67)76-34-28-52(46-82-76)73-31-25-49(43-79-73)61(64)13-1)40-59(42-60)68-20-8-11-23-71(68)77-35-29-53(47-83-77)74-32-26-50(44-80-74)62-14-2-5-17-65(56)62/h1-48H. The molecule has 0 atom stereocenters. The fourth-order valence-corrected chi connectivity index (χ4v) is 12.3. The second-order valence-electron chi connectivity index (χ2n) is 21.5. The lowest BCUT2D eigenvalue weighted by Crippen LogP contribution is -1.83. The lowest BCUT2D eigenvalue weighted by atomic mass is 9.98. The van der Waals surface area contributed by atoms with E-state index in [1.807, 2.05) is 37.2 Å². The van der Waals surface area contributed by atoms with Crippen LogP contribution in [0.3, 0.4) is 0 Å². The van der Waals surface area contributed by atoms with Crippen molar-refractivity contribution in [3.8, 4) is 0 Å². The topological polar surface area (TPSA) is 77.3 Å². The zero-order valence-electron chi connectivity index (χ0n) is 45.4. The average Bonchev–Trinajstić information content (AvgIpc) is 2.65. The maximum Gasteiger partial charge on any atom is 0.0717 e. The molecule has 0 spiro atoms. The number of benzene rings is 8. The van der Waals surface area contributed by atoms with Crippen molar-refractivity contribution in [2.24, 2.45) is 0 Å². The zero-order valence-corrected chi connectivity index (χ0v) is 45.4. The first-order valence-electron chi connectivity index (χ1n) is 28.3. The van der Waals surface area contributed by atoms with Gasteiger partial charge in [0.1, 0.15) is 0 Å². The van der Waals surface area contributed by atoms with Gasteiger partial charge in [0, 0.05) is 85.7 Å². The van der Waals surface area contributed by atoms with Crippen LogP contribution in [0.25, 0.3) is 162 Å². The smallest absolute Gasteiger partial charge is 0.0717 e. The summed E-state index contributed by atoms with van der Waals surface area (Å²) in [4.78, 5) is 30.9. The maximum absolute atomic E-state index is 5.18. The summed E-state index contributed by atoms with van der Waals surface area (Å²) in [5, 5.41) is 25.0. The van der Waals surface area contributed by atoms with Gasteiger partial charge >= 0.3 is 0 Å². The first-order chi connectivity index (χ1) is 41.6.